The molecule has 0 bridgehead atoms. The van der Waals surface area contributed by atoms with E-state index in [4.69, 9.17) is 30.9 Å². The Morgan fingerprint density at radius 2 is 1.11 bits per heavy atom. The van der Waals surface area contributed by atoms with Crippen LogP contribution in [0.5, 0.6) is 0 Å². The first-order valence-electron chi connectivity index (χ1n) is 26.6. The number of terminal acetylenes is 1. The van der Waals surface area contributed by atoms with Crippen LogP contribution in [0.1, 0.15) is 106 Å². The lowest BCUT2D eigenvalue weighted by atomic mass is 9.78. The van der Waals surface area contributed by atoms with Gasteiger partial charge in [-0.25, -0.2) is 4.68 Å². The van der Waals surface area contributed by atoms with E-state index in [1.54, 1.807) is 16.8 Å². The van der Waals surface area contributed by atoms with Crippen molar-refractivity contribution >= 4 is 5.69 Å². The summed E-state index contributed by atoms with van der Waals surface area (Å²) >= 11 is 0. The Bertz CT molecular complexity index is 2960. The maximum atomic E-state index is 11.7. The van der Waals surface area contributed by atoms with Gasteiger partial charge in [0.15, 0.2) is 0 Å². The molecule has 0 saturated carbocycles. The summed E-state index contributed by atoms with van der Waals surface area (Å²) < 4.78 is 27.6. The number of aromatic nitrogens is 3. The molecular formula is C64H74N6O6. The second kappa shape index (κ2) is 27.8. The van der Waals surface area contributed by atoms with Gasteiger partial charge in [-0.05, 0) is 120 Å². The highest BCUT2D eigenvalue weighted by Gasteiger charge is 2.46. The Hall–Kier alpha value is -6.91. The van der Waals surface area contributed by atoms with Gasteiger partial charge >= 0.3 is 0 Å². The van der Waals surface area contributed by atoms with Crippen molar-refractivity contribution < 1.29 is 29.2 Å². The van der Waals surface area contributed by atoms with E-state index >= 15 is 0 Å². The van der Waals surface area contributed by atoms with Crippen LogP contribution >= 0.6 is 0 Å². The first-order valence-corrected chi connectivity index (χ1v) is 26.6. The van der Waals surface area contributed by atoms with E-state index in [9.17, 15) is 10.2 Å². The number of aliphatic hydroxyl groups is 2. The smallest absolute Gasteiger partial charge is 0.114 e. The quantitative estimate of drug-likeness (QED) is 0.0445. The highest BCUT2D eigenvalue weighted by atomic mass is 16.6. The zero-order valence-electron chi connectivity index (χ0n) is 45.1. The Morgan fingerprint density at radius 1 is 0.645 bits per heavy atom. The van der Waals surface area contributed by atoms with Crippen LogP contribution in [0.25, 0.3) is 27.4 Å². The molecule has 9 rings (SSSR count). The summed E-state index contributed by atoms with van der Waals surface area (Å²) in [6.07, 6.45) is 5.88. The highest BCUT2D eigenvalue weighted by Crippen LogP contribution is 2.42. The maximum Gasteiger partial charge on any atom is 0.114 e. The Morgan fingerprint density at radius 3 is 1.54 bits per heavy atom. The molecule has 76 heavy (non-hydrogen) atoms. The van der Waals surface area contributed by atoms with Crippen molar-refractivity contribution in [1.29, 1.82) is 0 Å². The fourth-order valence-electron chi connectivity index (χ4n) is 10.4. The van der Waals surface area contributed by atoms with E-state index in [-0.39, 0.29) is 36.3 Å². The van der Waals surface area contributed by atoms with Crippen LogP contribution in [0.4, 0.5) is 5.69 Å². The SMILES string of the molecule is C#Cc1ccccc1.CCC1O[C@H]([C@H](O)c2ccc(-n3cc(-c4ccccc4)nn3)cc2C)C(OCc2ccccc2)[C@@H](C)[C@@H]1C.CCC1O[C@H]([C@H](O)c2ccc(N=[N+]=[N-])cc2C)C(OCc2ccccc2)[C@@H](C)[C@@H]1C. The fourth-order valence-corrected chi connectivity index (χ4v) is 10.4. The average Bonchev–Trinajstić information content (AvgIpc) is 3.96. The van der Waals surface area contributed by atoms with Crippen LogP contribution in [-0.4, -0.2) is 61.8 Å². The third kappa shape index (κ3) is 14.3. The number of benzene rings is 6. The van der Waals surface area contributed by atoms with Crippen molar-refractivity contribution in [1.82, 2.24) is 15.0 Å². The summed E-state index contributed by atoms with van der Waals surface area (Å²) in [5.74, 6) is 3.66. The molecule has 396 valence electrons. The maximum absolute atomic E-state index is 11.7. The van der Waals surface area contributed by atoms with Crippen molar-refractivity contribution in [2.45, 2.75) is 130 Å². The monoisotopic (exact) mass is 1020 g/mol. The van der Waals surface area contributed by atoms with Crippen molar-refractivity contribution in [3.63, 3.8) is 0 Å². The van der Waals surface area contributed by atoms with E-state index in [0.717, 1.165) is 68.7 Å². The van der Waals surface area contributed by atoms with Crippen molar-refractivity contribution in [2.24, 2.45) is 28.8 Å². The van der Waals surface area contributed by atoms with Gasteiger partial charge in [-0.1, -0.05) is 185 Å². The molecule has 2 aliphatic heterocycles. The van der Waals surface area contributed by atoms with Gasteiger partial charge in [0.05, 0.1) is 49.5 Å². The second-order valence-corrected chi connectivity index (χ2v) is 20.1. The van der Waals surface area contributed by atoms with Crippen LogP contribution in [0.2, 0.25) is 0 Å². The Labute approximate surface area is 449 Å². The number of rotatable bonds is 15. The van der Waals surface area contributed by atoms with E-state index in [2.05, 4.69) is 79.9 Å². The number of aliphatic hydroxyl groups excluding tert-OH is 2. The summed E-state index contributed by atoms with van der Waals surface area (Å²) in [7, 11) is 0. The lowest BCUT2D eigenvalue weighted by Gasteiger charge is -2.46. The van der Waals surface area contributed by atoms with Crippen LogP contribution in [0, 0.1) is 49.9 Å². The van der Waals surface area contributed by atoms with Gasteiger partial charge in [0.1, 0.15) is 30.1 Å². The molecule has 2 aliphatic rings. The van der Waals surface area contributed by atoms with Gasteiger partial charge in [0, 0.05) is 21.7 Å². The Balaban J connectivity index is 0.000000197. The standard InChI is InChI=1S/C32H37N3O3.C24H31N3O3.C8H6/c1-5-29-22(3)23(4)31(37-20-24-12-8-6-9-13-24)32(38-29)30(36)27-17-16-26(18-21(27)2)35-19-28(33-34-35)25-14-10-7-11-15-25;1-5-21-16(3)17(4)23(29-14-18-9-7-6-8-10-18)24(30-21)22(28)20-12-11-19(26-27-25)13-15(20)2;1-2-8-6-4-3-5-7-8/h6-19,22-23,29-32,36H,5,20H2,1-4H3;6-13,16-17,21-24,28H,5,14H2,1-4H3;1,3-7H/t22-,23-,29?,30+,31?,32+;16-,17-,21?,22+,23?,24+;/m00./s1. The molecule has 12 heteroatoms. The minimum Gasteiger partial charge on any atom is -0.386 e. The van der Waals surface area contributed by atoms with Gasteiger partial charge in [-0.3, -0.25) is 0 Å². The van der Waals surface area contributed by atoms with Gasteiger partial charge in [-0.15, -0.1) is 11.5 Å². The van der Waals surface area contributed by atoms with Crippen molar-refractivity contribution in [3.8, 4) is 29.3 Å². The molecule has 2 saturated heterocycles. The molecule has 12 atom stereocenters. The van der Waals surface area contributed by atoms with Crippen LogP contribution in [0.3, 0.4) is 0 Å². The number of aryl methyl sites for hydroxylation is 2. The average molecular weight is 1020 g/mol. The van der Waals surface area contributed by atoms with Crippen LogP contribution < -0.4 is 0 Å². The molecule has 1 aromatic heterocycles. The number of hydrogen-bond donors (Lipinski definition) is 2. The third-order valence-electron chi connectivity index (χ3n) is 15.2. The first-order chi connectivity index (χ1) is 36.8. The minimum atomic E-state index is -0.838. The molecular weight excluding hydrogens is 949 g/mol. The van der Waals surface area contributed by atoms with E-state index in [1.165, 1.54) is 0 Å². The predicted molar refractivity (Wildman–Crippen MR) is 300 cm³/mol. The van der Waals surface area contributed by atoms with Crippen molar-refractivity contribution in [3.05, 3.63) is 213 Å². The van der Waals surface area contributed by atoms with Crippen molar-refractivity contribution in [2.75, 3.05) is 0 Å². The summed E-state index contributed by atoms with van der Waals surface area (Å²) in [4.78, 5) is 2.83. The summed E-state index contributed by atoms with van der Waals surface area (Å²) in [6.45, 7) is 18.0. The molecule has 0 spiro atoms. The molecule has 4 unspecified atom stereocenters. The van der Waals surface area contributed by atoms with Gasteiger partial charge in [-0.2, -0.15) is 0 Å². The highest BCUT2D eigenvalue weighted by molar-refractivity contribution is 5.58. The zero-order valence-corrected chi connectivity index (χ0v) is 45.1. The molecule has 0 aliphatic carbocycles. The predicted octanol–water partition coefficient (Wildman–Crippen LogP) is 14.0. The lowest BCUT2D eigenvalue weighted by Crippen LogP contribution is -2.52. The molecule has 3 heterocycles. The molecule has 2 N–H and O–H groups in total. The zero-order chi connectivity index (χ0) is 54.1. The number of ether oxygens (including phenoxy) is 4. The van der Waals surface area contributed by atoms with Crippen LogP contribution in [0.15, 0.2) is 169 Å². The lowest BCUT2D eigenvalue weighted by molar-refractivity contribution is -0.220. The van der Waals surface area contributed by atoms with Gasteiger partial charge in [0.25, 0.3) is 0 Å². The minimum absolute atomic E-state index is 0.0685. The third-order valence-corrected chi connectivity index (χ3v) is 15.2. The number of hydrogen-bond acceptors (Lipinski definition) is 9. The normalized spacial score (nSPS) is 23.8. The molecule has 2 fully saturated rings. The summed E-state index contributed by atoms with van der Waals surface area (Å²) in [6, 6.07) is 51.1. The number of azide groups is 1. The molecule has 0 radical (unpaired) electrons. The molecule has 7 aromatic rings. The molecule has 6 aromatic carbocycles. The first kappa shape index (κ1) is 56.8. The van der Waals surface area contributed by atoms with E-state index in [0.29, 0.717) is 30.7 Å². The largest absolute Gasteiger partial charge is 0.386 e. The Kier molecular flexibility index (Phi) is 20.7. The number of nitrogens with zero attached hydrogens (tertiary/aromatic N) is 6. The summed E-state index contributed by atoms with van der Waals surface area (Å²) in [5, 5.41) is 35.3. The van der Waals surface area contributed by atoms with Crippen LogP contribution in [-0.2, 0) is 32.2 Å². The second-order valence-electron chi connectivity index (χ2n) is 20.1. The van der Waals surface area contributed by atoms with Gasteiger partial charge < -0.3 is 29.2 Å². The van der Waals surface area contributed by atoms with E-state index < -0.39 is 24.4 Å². The van der Waals surface area contributed by atoms with E-state index in [1.807, 2.05) is 154 Å². The topological polar surface area (TPSA) is 157 Å². The molecule has 12 nitrogen and oxygen atoms in total. The molecule has 0 amide bonds. The fraction of sp³-hybridized carbons (Fsp3) is 0.375. The van der Waals surface area contributed by atoms with Gasteiger partial charge in [0.2, 0.25) is 0 Å². The summed E-state index contributed by atoms with van der Waals surface area (Å²) in [5.41, 5.74) is 18.5.